The van der Waals surface area contributed by atoms with E-state index < -0.39 is 24.3 Å². The molecule has 9 heteroatoms. The molecule has 4 nitrogen and oxygen atoms in total. The molecule has 0 aliphatic heterocycles. The fourth-order valence-corrected chi connectivity index (χ4v) is 3.08. The summed E-state index contributed by atoms with van der Waals surface area (Å²) >= 11 is 5.94. The van der Waals surface area contributed by atoms with Crippen LogP contribution in [0.15, 0.2) is 48.5 Å². The number of anilines is 1. The summed E-state index contributed by atoms with van der Waals surface area (Å²) in [7, 11) is 1.47. The van der Waals surface area contributed by atoms with Crippen molar-refractivity contribution in [1.29, 1.82) is 0 Å². The molecule has 1 N–H and O–H groups in total. The number of amides is 1. The highest BCUT2D eigenvalue weighted by Crippen LogP contribution is 2.33. The number of para-hydroxylation sites is 1. The molecular formula is C19H14ClF4N3O. The van der Waals surface area contributed by atoms with E-state index in [1.54, 1.807) is 24.3 Å². The highest BCUT2D eigenvalue weighted by atomic mass is 35.5. The van der Waals surface area contributed by atoms with Crippen LogP contribution in [0, 0.1) is 0 Å². The Morgan fingerprint density at radius 2 is 1.79 bits per heavy atom. The number of hydrogen-bond donors (Lipinski definition) is 1. The Morgan fingerprint density at radius 3 is 2.39 bits per heavy atom. The van der Waals surface area contributed by atoms with Gasteiger partial charge >= 0.3 is 6.18 Å². The molecule has 0 fully saturated rings. The van der Waals surface area contributed by atoms with Gasteiger partial charge in [-0.25, -0.2) is 4.39 Å². The second-order valence-electron chi connectivity index (χ2n) is 5.94. The van der Waals surface area contributed by atoms with Gasteiger partial charge < -0.3 is 5.32 Å². The summed E-state index contributed by atoms with van der Waals surface area (Å²) < 4.78 is 52.7. The number of aromatic nitrogens is 2. The molecule has 0 aliphatic rings. The van der Waals surface area contributed by atoms with Crippen LogP contribution in [0.3, 0.4) is 0 Å². The zero-order valence-corrected chi connectivity index (χ0v) is 15.3. The third-order valence-electron chi connectivity index (χ3n) is 4.18. The van der Waals surface area contributed by atoms with E-state index in [4.69, 9.17) is 11.6 Å². The van der Waals surface area contributed by atoms with Gasteiger partial charge in [-0.05, 0) is 23.8 Å². The number of benzene rings is 2. The Balaban J connectivity index is 1.94. The number of nitrogens with one attached hydrogen (secondary N) is 1. The molecule has 0 saturated carbocycles. The smallest absolute Gasteiger partial charge is 0.321 e. The summed E-state index contributed by atoms with van der Waals surface area (Å²) in [4.78, 5) is 12.6. The zero-order valence-electron chi connectivity index (χ0n) is 14.5. The van der Waals surface area contributed by atoms with E-state index in [-0.39, 0.29) is 16.4 Å². The topological polar surface area (TPSA) is 46.9 Å². The third-order valence-corrected chi connectivity index (χ3v) is 4.44. The van der Waals surface area contributed by atoms with Gasteiger partial charge in [0.25, 0.3) is 5.91 Å². The monoisotopic (exact) mass is 411 g/mol. The number of carbonyl (C=O) groups excluding carboxylic acids is 1. The second kappa shape index (κ2) is 7.63. The molecule has 146 valence electrons. The van der Waals surface area contributed by atoms with Crippen LogP contribution in [-0.4, -0.2) is 15.7 Å². The van der Waals surface area contributed by atoms with E-state index in [1.165, 1.54) is 23.9 Å². The van der Waals surface area contributed by atoms with Crippen molar-refractivity contribution in [2.45, 2.75) is 12.9 Å². The summed E-state index contributed by atoms with van der Waals surface area (Å²) in [5, 5.41) is 6.33. The maximum Gasteiger partial charge on any atom is 0.416 e. The lowest BCUT2D eigenvalue weighted by molar-refractivity contribution is -0.137. The Kier molecular flexibility index (Phi) is 5.42. The largest absolute Gasteiger partial charge is 0.416 e. The first kappa shape index (κ1) is 19.9. The minimum atomic E-state index is -4.44. The van der Waals surface area contributed by atoms with Gasteiger partial charge in [0.2, 0.25) is 0 Å². The SMILES string of the molecule is Cn1nc(Cl)c(C(=O)Nc2ccccc2-c2ccc(C(F)(F)F)cc2)c1CF. The van der Waals surface area contributed by atoms with Crippen molar-refractivity contribution < 1.29 is 22.4 Å². The van der Waals surface area contributed by atoms with Crippen LogP contribution >= 0.6 is 11.6 Å². The minimum Gasteiger partial charge on any atom is -0.321 e. The lowest BCUT2D eigenvalue weighted by Crippen LogP contribution is -2.15. The van der Waals surface area contributed by atoms with Crippen LogP contribution in [0.25, 0.3) is 11.1 Å². The van der Waals surface area contributed by atoms with Crippen molar-refractivity contribution in [1.82, 2.24) is 9.78 Å². The van der Waals surface area contributed by atoms with Gasteiger partial charge in [0, 0.05) is 18.3 Å². The maximum atomic E-state index is 13.2. The number of halogens is 5. The number of aryl methyl sites for hydroxylation is 1. The Morgan fingerprint density at radius 1 is 1.14 bits per heavy atom. The van der Waals surface area contributed by atoms with Crippen LogP contribution in [0.4, 0.5) is 23.2 Å². The number of alkyl halides is 4. The number of rotatable bonds is 4. The summed E-state index contributed by atoms with van der Waals surface area (Å²) in [6.45, 7) is -0.931. The Labute approximate surface area is 162 Å². The molecule has 3 aromatic rings. The van der Waals surface area contributed by atoms with Crippen molar-refractivity contribution in [2.75, 3.05) is 5.32 Å². The van der Waals surface area contributed by atoms with E-state index in [0.29, 0.717) is 16.8 Å². The van der Waals surface area contributed by atoms with Crippen molar-refractivity contribution in [3.8, 4) is 11.1 Å². The van der Waals surface area contributed by atoms with Crippen molar-refractivity contribution >= 4 is 23.2 Å². The molecule has 0 radical (unpaired) electrons. The van der Waals surface area contributed by atoms with Crippen molar-refractivity contribution in [3.05, 3.63) is 70.5 Å². The fraction of sp³-hybridized carbons (Fsp3) is 0.158. The zero-order chi connectivity index (χ0) is 20.5. The molecule has 28 heavy (non-hydrogen) atoms. The lowest BCUT2D eigenvalue weighted by Gasteiger charge is -2.13. The van der Waals surface area contributed by atoms with Gasteiger partial charge in [-0.15, -0.1) is 0 Å². The van der Waals surface area contributed by atoms with E-state index >= 15 is 0 Å². The van der Waals surface area contributed by atoms with Crippen molar-refractivity contribution in [2.24, 2.45) is 7.05 Å². The van der Waals surface area contributed by atoms with Gasteiger partial charge in [0.05, 0.1) is 11.3 Å². The third kappa shape index (κ3) is 3.87. The molecule has 0 bridgehead atoms. The molecule has 1 heterocycles. The minimum absolute atomic E-state index is 0.0227. The molecule has 0 aliphatic carbocycles. The van der Waals surface area contributed by atoms with Crippen LogP contribution in [0.5, 0.6) is 0 Å². The summed E-state index contributed by atoms with van der Waals surface area (Å²) in [5.41, 5.74) is 0.492. The van der Waals surface area contributed by atoms with Gasteiger partial charge in [0.15, 0.2) is 5.15 Å². The first-order valence-electron chi connectivity index (χ1n) is 8.07. The average molecular weight is 412 g/mol. The van der Waals surface area contributed by atoms with Crippen LogP contribution in [0.1, 0.15) is 21.6 Å². The van der Waals surface area contributed by atoms with E-state index in [0.717, 1.165) is 12.1 Å². The van der Waals surface area contributed by atoms with Gasteiger partial charge in [0.1, 0.15) is 12.2 Å². The van der Waals surface area contributed by atoms with Crippen LogP contribution in [0.2, 0.25) is 5.15 Å². The average Bonchev–Trinajstić information content (AvgIpc) is 2.94. The van der Waals surface area contributed by atoms with E-state index in [9.17, 15) is 22.4 Å². The molecular weight excluding hydrogens is 398 g/mol. The highest BCUT2D eigenvalue weighted by molar-refractivity contribution is 6.33. The normalized spacial score (nSPS) is 11.5. The quantitative estimate of drug-likeness (QED) is 0.578. The molecule has 0 saturated heterocycles. The lowest BCUT2D eigenvalue weighted by atomic mass is 10.0. The number of nitrogens with zero attached hydrogens (tertiary/aromatic N) is 2. The second-order valence-corrected chi connectivity index (χ2v) is 6.30. The van der Waals surface area contributed by atoms with Crippen LogP contribution < -0.4 is 5.32 Å². The Bertz CT molecular complexity index is 1010. The fourth-order valence-electron chi connectivity index (χ4n) is 2.77. The number of carbonyl (C=O) groups is 1. The maximum absolute atomic E-state index is 13.2. The van der Waals surface area contributed by atoms with Gasteiger partial charge in [-0.2, -0.15) is 18.3 Å². The van der Waals surface area contributed by atoms with Gasteiger partial charge in [-0.1, -0.05) is 41.9 Å². The molecule has 3 rings (SSSR count). The number of hydrogen-bond acceptors (Lipinski definition) is 2. The molecule has 0 unspecified atom stereocenters. The van der Waals surface area contributed by atoms with Crippen molar-refractivity contribution in [3.63, 3.8) is 0 Å². The molecule has 2 aromatic carbocycles. The van der Waals surface area contributed by atoms with Crippen LogP contribution in [-0.2, 0) is 19.9 Å². The first-order chi connectivity index (χ1) is 13.2. The predicted octanol–water partition coefficient (Wildman–Crippen LogP) is 5.48. The molecule has 1 aromatic heterocycles. The first-order valence-corrected chi connectivity index (χ1v) is 8.45. The highest BCUT2D eigenvalue weighted by Gasteiger charge is 2.30. The predicted molar refractivity (Wildman–Crippen MR) is 97.9 cm³/mol. The summed E-state index contributed by atoms with van der Waals surface area (Å²) in [6.07, 6.45) is -4.44. The molecule has 0 spiro atoms. The van der Waals surface area contributed by atoms with E-state index in [1.807, 2.05) is 0 Å². The summed E-state index contributed by atoms with van der Waals surface area (Å²) in [6, 6.07) is 11.1. The summed E-state index contributed by atoms with van der Waals surface area (Å²) in [5.74, 6) is -0.662. The van der Waals surface area contributed by atoms with Gasteiger partial charge in [-0.3, -0.25) is 9.48 Å². The Hall–Kier alpha value is -2.87. The van der Waals surface area contributed by atoms with E-state index in [2.05, 4.69) is 10.4 Å². The molecule has 1 amide bonds. The standard InChI is InChI=1S/C19H14ClF4N3O/c1-27-15(10-21)16(17(20)26-27)18(28)25-14-5-3-2-4-13(14)11-6-8-12(9-7-11)19(22,23)24/h2-9H,10H2,1H3,(H,25,28). The molecule has 0 atom stereocenters.